The van der Waals surface area contributed by atoms with E-state index in [1.807, 2.05) is 0 Å². The lowest BCUT2D eigenvalue weighted by molar-refractivity contribution is 0.459. The summed E-state index contributed by atoms with van der Waals surface area (Å²) >= 11 is 0. The number of halogens is 2. The van der Waals surface area contributed by atoms with E-state index in [4.69, 9.17) is 0 Å². The SMILES string of the molecule is C=C/C(C)=C\C=C(\F)CF. The van der Waals surface area contributed by atoms with Crippen LogP contribution >= 0.6 is 0 Å². The third kappa shape index (κ3) is 4.01. The maximum Gasteiger partial charge on any atom is 0.141 e. The third-order valence-corrected chi connectivity index (χ3v) is 0.977. The van der Waals surface area contributed by atoms with Crippen molar-refractivity contribution >= 4 is 0 Å². The van der Waals surface area contributed by atoms with Gasteiger partial charge >= 0.3 is 0 Å². The molecule has 0 aromatic rings. The molecule has 0 aromatic carbocycles. The fourth-order valence-corrected chi connectivity index (χ4v) is 0.334. The second-order valence-corrected chi connectivity index (χ2v) is 1.86. The van der Waals surface area contributed by atoms with Crippen molar-refractivity contribution in [3.63, 3.8) is 0 Å². The minimum absolute atomic E-state index is 0.763. The molecule has 0 saturated heterocycles. The van der Waals surface area contributed by atoms with Crippen LogP contribution in [0.5, 0.6) is 0 Å². The molecule has 0 N–H and O–H groups in total. The highest BCUT2D eigenvalue weighted by molar-refractivity contribution is 5.20. The summed E-state index contributed by atoms with van der Waals surface area (Å²) in [5.74, 6) is -0.763. The molecule has 0 rings (SSSR count). The standard InChI is InChI=1S/C8H10F2/c1-3-7(2)4-5-8(10)6-9/h3-5H,1,6H2,2H3/b7-4-,8-5+. The van der Waals surface area contributed by atoms with Crippen molar-refractivity contribution in [2.75, 3.05) is 6.67 Å². The normalized spacial score (nSPS) is 13.5. The van der Waals surface area contributed by atoms with E-state index in [2.05, 4.69) is 6.58 Å². The number of hydrogen-bond donors (Lipinski definition) is 0. The minimum atomic E-state index is -1.04. The Hall–Kier alpha value is -0.920. The number of rotatable bonds is 3. The first-order valence-corrected chi connectivity index (χ1v) is 2.92. The van der Waals surface area contributed by atoms with Crippen molar-refractivity contribution in [2.45, 2.75) is 6.92 Å². The molecule has 0 spiro atoms. The van der Waals surface area contributed by atoms with Crippen LogP contribution in [-0.4, -0.2) is 6.67 Å². The van der Waals surface area contributed by atoms with Gasteiger partial charge in [0.15, 0.2) is 0 Å². The third-order valence-electron chi connectivity index (χ3n) is 0.977. The molecule has 0 radical (unpaired) electrons. The van der Waals surface area contributed by atoms with Gasteiger partial charge in [0.25, 0.3) is 0 Å². The lowest BCUT2D eigenvalue weighted by atomic mass is 10.3. The second-order valence-electron chi connectivity index (χ2n) is 1.86. The Bertz CT molecular complexity index is 166. The van der Waals surface area contributed by atoms with E-state index in [9.17, 15) is 8.78 Å². The smallest absolute Gasteiger partial charge is 0.141 e. The maximum atomic E-state index is 12.0. The van der Waals surface area contributed by atoms with Crippen molar-refractivity contribution in [3.05, 3.63) is 36.2 Å². The molecule has 0 aliphatic rings. The molecule has 0 nitrogen and oxygen atoms in total. The molecule has 10 heavy (non-hydrogen) atoms. The molecule has 0 aliphatic heterocycles. The lowest BCUT2D eigenvalue weighted by Crippen LogP contribution is -1.73. The summed E-state index contributed by atoms with van der Waals surface area (Å²) in [7, 11) is 0. The Balaban J connectivity index is 4.03. The first-order chi connectivity index (χ1) is 4.70. The van der Waals surface area contributed by atoms with E-state index in [0.717, 1.165) is 11.6 Å². The number of hydrogen-bond acceptors (Lipinski definition) is 0. The average molecular weight is 144 g/mol. The van der Waals surface area contributed by atoms with Crippen LogP contribution in [-0.2, 0) is 0 Å². The van der Waals surface area contributed by atoms with Gasteiger partial charge < -0.3 is 0 Å². The minimum Gasteiger partial charge on any atom is -0.243 e. The zero-order chi connectivity index (χ0) is 7.98. The molecular formula is C8H10F2. The molecule has 0 heterocycles. The summed E-state index contributed by atoms with van der Waals surface area (Å²) in [6, 6.07) is 0. The first-order valence-electron chi connectivity index (χ1n) is 2.92. The van der Waals surface area contributed by atoms with Crippen LogP contribution in [0.4, 0.5) is 8.78 Å². The Labute approximate surface area is 59.6 Å². The van der Waals surface area contributed by atoms with Crippen LogP contribution in [0.25, 0.3) is 0 Å². The quantitative estimate of drug-likeness (QED) is 0.534. The average Bonchev–Trinajstić information content (AvgIpc) is 1.99. The van der Waals surface area contributed by atoms with E-state index in [1.165, 1.54) is 6.08 Å². The molecule has 0 atom stereocenters. The second kappa shape index (κ2) is 4.91. The van der Waals surface area contributed by atoms with Crippen LogP contribution in [0, 0.1) is 0 Å². The van der Waals surface area contributed by atoms with Gasteiger partial charge in [0.05, 0.1) is 0 Å². The van der Waals surface area contributed by atoms with Crippen LogP contribution in [0.3, 0.4) is 0 Å². The van der Waals surface area contributed by atoms with Crippen LogP contribution in [0.2, 0.25) is 0 Å². The van der Waals surface area contributed by atoms with Gasteiger partial charge in [-0.05, 0) is 13.0 Å². The van der Waals surface area contributed by atoms with Crippen molar-refractivity contribution in [1.29, 1.82) is 0 Å². The fraction of sp³-hybridized carbons (Fsp3) is 0.250. The lowest BCUT2D eigenvalue weighted by Gasteiger charge is -1.85. The molecule has 2 heteroatoms. The Morgan fingerprint density at radius 2 is 2.10 bits per heavy atom. The molecule has 0 unspecified atom stereocenters. The van der Waals surface area contributed by atoms with Gasteiger partial charge in [0.2, 0.25) is 0 Å². The molecule has 0 fully saturated rings. The predicted octanol–water partition coefficient (Wildman–Crippen LogP) is 2.94. The predicted molar refractivity (Wildman–Crippen MR) is 39.1 cm³/mol. The Morgan fingerprint density at radius 3 is 2.50 bits per heavy atom. The Kier molecular flexibility index (Phi) is 4.46. The summed E-state index contributed by atoms with van der Waals surface area (Å²) < 4.78 is 23.5. The summed E-state index contributed by atoms with van der Waals surface area (Å²) in [5, 5.41) is 0. The highest BCUT2D eigenvalue weighted by atomic mass is 19.2. The van der Waals surface area contributed by atoms with Gasteiger partial charge in [-0.2, -0.15) is 0 Å². The Morgan fingerprint density at radius 1 is 1.50 bits per heavy atom. The van der Waals surface area contributed by atoms with E-state index < -0.39 is 12.5 Å². The van der Waals surface area contributed by atoms with Crippen molar-refractivity contribution in [3.8, 4) is 0 Å². The van der Waals surface area contributed by atoms with Gasteiger partial charge in [-0.15, -0.1) is 0 Å². The zero-order valence-electron chi connectivity index (χ0n) is 5.90. The highest BCUT2D eigenvalue weighted by Crippen LogP contribution is 2.00. The van der Waals surface area contributed by atoms with Gasteiger partial charge in [0, 0.05) is 0 Å². The molecule has 0 amide bonds. The van der Waals surface area contributed by atoms with Gasteiger partial charge in [-0.25, -0.2) is 8.78 Å². The molecule has 0 saturated carbocycles. The van der Waals surface area contributed by atoms with Gasteiger partial charge in [-0.1, -0.05) is 24.3 Å². The van der Waals surface area contributed by atoms with Crippen LogP contribution < -0.4 is 0 Å². The fourth-order valence-electron chi connectivity index (χ4n) is 0.334. The maximum absolute atomic E-state index is 12.0. The molecule has 56 valence electrons. The van der Waals surface area contributed by atoms with Crippen molar-refractivity contribution in [2.24, 2.45) is 0 Å². The summed E-state index contributed by atoms with van der Waals surface area (Å²) in [5.41, 5.74) is 0.809. The van der Waals surface area contributed by atoms with Crippen molar-refractivity contribution in [1.82, 2.24) is 0 Å². The summed E-state index contributed by atoms with van der Waals surface area (Å²) in [6.45, 7) is 4.17. The largest absolute Gasteiger partial charge is 0.243 e. The van der Waals surface area contributed by atoms with E-state index in [-0.39, 0.29) is 0 Å². The number of allylic oxidation sites excluding steroid dienone is 5. The van der Waals surface area contributed by atoms with Gasteiger partial charge in [-0.3, -0.25) is 0 Å². The molecule has 0 aliphatic carbocycles. The van der Waals surface area contributed by atoms with E-state index >= 15 is 0 Å². The molecular weight excluding hydrogens is 134 g/mol. The first kappa shape index (κ1) is 9.08. The summed E-state index contributed by atoms with van der Waals surface area (Å²) in [4.78, 5) is 0. The zero-order valence-corrected chi connectivity index (χ0v) is 5.90. The number of alkyl halides is 1. The van der Waals surface area contributed by atoms with Gasteiger partial charge in [0.1, 0.15) is 12.5 Å². The summed E-state index contributed by atoms with van der Waals surface area (Å²) in [6.07, 6.45) is 4.14. The monoisotopic (exact) mass is 144 g/mol. The molecule has 0 aromatic heterocycles. The highest BCUT2D eigenvalue weighted by Gasteiger charge is 1.87. The molecule has 0 bridgehead atoms. The topological polar surface area (TPSA) is 0 Å². The van der Waals surface area contributed by atoms with Crippen LogP contribution in [0.15, 0.2) is 36.2 Å². The van der Waals surface area contributed by atoms with Crippen molar-refractivity contribution < 1.29 is 8.78 Å². The van der Waals surface area contributed by atoms with E-state index in [1.54, 1.807) is 13.0 Å². The van der Waals surface area contributed by atoms with Crippen LogP contribution in [0.1, 0.15) is 6.92 Å². The van der Waals surface area contributed by atoms with E-state index in [0.29, 0.717) is 0 Å².